The topological polar surface area (TPSA) is 105 Å². The molecule has 3 rings (SSSR count). The molecule has 1 fully saturated rings. The molecule has 1 saturated heterocycles. The number of aromatic nitrogens is 1. The number of fused-ring (bicyclic) bond motifs is 1. The smallest absolute Gasteiger partial charge is 0.355 e. The van der Waals surface area contributed by atoms with Gasteiger partial charge in [-0.25, -0.2) is 13.2 Å². The van der Waals surface area contributed by atoms with Crippen molar-refractivity contribution < 1.29 is 22.7 Å². The molecule has 0 saturated carbocycles. The highest BCUT2D eigenvalue weighted by molar-refractivity contribution is 7.91. The lowest BCUT2D eigenvalue weighted by molar-refractivity contribution is -0.129. The summed E-state index contributed by atoms with van der Waals surface area (Å²) in [6, 6.07) is 8.64. The van der Waals surface area contributed by atoms with Gasteiger partial charge in [-0.3, -0.25) is 4.79 Å². The van der Waals surface area contributed by atoms with E-state index in [1.807, 2.05) is 24.3 Å². The first kappa shape index (κ1) is 16.5. The first-order valence-corrected chi connectivity index (χ1v) is 9.46. The molecule has 2 heterocycles. The summed E-state index contributed by atoms with van der Waals surface area (Å²) < 4.78 is 28.0. The molecule has 1 aromatic carbocycles. The number of carbonyl (C=O) groups excluding carboxylic acids is 2. The highest BCUT2D eigenvalue weighted by Gasteiger charge is 2.30. The average molecular weight is 350 g/mol. The highest BCUT2D eigenvalue weighted by Crippen LogP contribution is 2.16. The maximum Gasteiger partial charge on any atom is 0.355 e. The van der Waals surface area contributed by atoms with Crippen LogP contribution in [0.1, 0.15) is 23.8 Å². The van der Waals surface area contributed by atoms with Gasteiger partial charge in [0.1, 0.15) is 5.69 Å². The maximum absolute atomic E-state index is 12.1. The minimum Gasteiger partial charge on any atom is -0.448 e. The van der Waals surface area contributed by atoms with Crippen LogP contribution < -0.4 is 5.32 Å². The normalized spacial score (nSPS) is 20.6. The molecule has 0 radical (unpaired) electrons. The number of para-hydroxylation sites is 1. The van der Waals surface area contributed by atoms with Crippen molar-refractivity contribution in [2.45, 2.75) is 25.5 Å². The summed E-state index contributed by atoms with van der Waals surface area (Å²) >= 11 is 0. The van der Waals surface area contributed by atoms with Crippen molar-refractivity contribution in [3.8, 4) is 0 Å². The fourth-order valence-electron chi connectivity index (χ4n) is 2.69. The van der Waals surface area contributed by atoms with Crippen molar-refractivity contribution in [3.05, 3.63) is 36.0 Å². The van der Waals surface area contributed by atoms with Crippen molar-refractivity contribution in [1.82, 2.24) is 10.3 Å². The molecular weight excluding hydrogens is 332 g/mol. The number of rotatable bonds is 4. The summed E-state index contributed by atoms with van der Waals surface area (Å²) in [5, 5.41) is 3.49. The number of aromatic amines is 1. The SMILES string of the molecule is C[C@H](OC(=O)c1cc2ccccc2[nH]1)C(=O)N[C@@H]1CCS(=O)(=O)C1. The monoisotopic (exact) mass is 350 g/mol. The third kappa shape index (κ3) is 3.59. The molecule has 2 atom stereocenters. The van der Waals surface area contributed by atoms with Crippen molar-refractivity contribution >= 4 is 32.6 Å². The largest absolute Gasteiger partial charge is 0.448 e. The molecule has 24 heavy (non-hydrogen) atoms. The van der Waals surface area contributed by atoms with Crippen LogP contribution in [0.25, 0.3) is 10.9 Å². The zero-order valence-corrected chi connectivity index (χ0v) is 13.9. The molecule has 0 bridgehead atoms. The molecular formula is C16H18N2O5S. The summed E-state index contributed by atoms with van der Waals surface area (Å²) in [7, 11) is -3.08. The maximum atomic E-state index is 12.1. The molecule has 0 unspecified atom stereocenters. The number of ether oxygens (including phenoxy) is 1. The Morgan fingerprint density at radius 2 is 2.08 bits per heavy atom. The minimum atomic E-state index is -3.08. The van der Waals surface area contributed by atoms with Crippen molar-refractivity contribution in [2.24, 2.45) is 0 Å². The van der Waals surface area contributed by atoms with Gasteiger partial charge >= 0.3 is 5.97 Å². The quantitative estimate of drug-likeness (QED) is 0.801. The molecule has 128 valence electrons. The van der Waals surface area contributed by atoms with Crippen molar-refractivity contribution in [3.63, 3.8) is 0 Å². The van der Waals surface area contributed by atoms with E-state index in [1.165, 1.54) is 6.92 Å². The van der Waals surface area contributed by atoms with Crippen molar-refractivity contribution in [1.29, 1.82) is 0 Å². The van der Waals surface area contributed by atoms with Gasteiger partial charge in [0, 0.05) is 16.9 Å². The molecule has 1 aromatic heterocycles. The molecule has 2 N–H and O–H groups in total. The van der Waals surface area contributed by atoms with Gasteiger partial charge in [-0.15, -0.1) is 0 Å². The molecule has 7 nitrogen and oxygen atoms in total. The van der Waals surface area contributed by atoms with Crippen LogP contribution in [0, 0.1) is 0 Å². The average Bonchev–Trinajstić information content (AvgIpc) is 3.10. The Bertz CT molecular complexity index is 854. The summed E-state index contributed by atoms with van der Waals surface area (Å²) in [4.78, 5) is 27.1. The second-order valence-electron chi connectivity index (χ2n) is 5.93. The zero-order chi connectivity index (χ0) is 17.3. The van der Waals surface area contributed by atoms with Crippen LogP contribution in [-0.2, 0) is 19.4 Å². The van der Waals surface area contributed by atoms with Gasteiger partial charge in [0.25, 0.3) is 5.91 Å². The predicted molar refractivity (Wildman–Crippen MR) is 88.4 cm³/mol. The lowest BCUT2D eigenvalue weighted by Gasteiger charge is -2.16. The highest BCUT2D eigenvalue weighted by atomic mass is 32.2. The first-order valence-electron chi connectivity index (χ1n) is 7.63. The summed E-state index contributed by atoms with van der Waals surface area (Å²) in [5.41, 5.74) is 1.07. The first-order chi connectivity index (χ1) is 11.3. The van der Waals surface area contributed by atoms with E-state index in [2.05, 4.69) is 10.3 Å². The Labute approximate surface area is 139 Å². The number of esters is 1. The van der Waals surface area contributed by atoms with E-state index in [1.54, 1.807) is 6.07 Å². The third-order valence-electron chi connectivity index (χ3n) is 3.98. The number of carbonyl (C=O) groups is 2. The number of H-pyrrole nitrogens is 1. The van der Waals surface area contributed by atoms with Crippen molar-refractivity contribution in [2.75, 3.05) is 11.5 Å². The molecule has 8 heteroatoms. The van der Waals surface area contributed by atoms with Gasteiger partial charge in [-0.2, -0.15) is 0 Å². The summed E-state index contributed by atoms with van der Waals surface area (Å²) in [5.74, 6) is -1.13. The van der Waals surface area contributed by atoms with Crippen LogP contribution in [-0.4, -0.2) is 48.9 Å². The molecule has 2 aromatic rings. The standard InChI is InChI=1S/C16H18N2O5S/c1-10(15(19)17-12-6-7-24(21,22)9-12)23-16(20)14-8-11-4-2-3-5-13(11)18-14/h2-5,8,10,12,18H,6-7,9H2,1H3,(H,17,19)/t10-,12+/m0/s1. The zero-order valence-electron chi connectivity index (χ0n) is 13.1. The molecule has 1 amide bonds. The van der Waals surface area contributed by atoms with E-state index in [4.69, 9.17) is 4.74 Å². The van der Waals surface area contributed by atoms with Gasteiger partial charge < -0.3 is 15.0 Å². The summed E-state index contributed by atoms with van der Waals surface area (Å²) in [6.45, 7) is 1.46. The van der Waals surface area contributed by atoms with Gasteiger partial charge in [0.05, 0.1) is 11.5 Å². The Morgan fingerprint density at radius 3 is 2.75 bits per heavy atom. The predicted octanol–water partition coefficient (Wildman–Crippen LogP) is 1.02. The van der Waals surface area contributed by atoms with E-state index in [9.17, 15) is 18.0 Å². The van der Waals surface area contributed by atoms with Crippen LogP contribution in [0.5, 0.6) is 0 Å². The van der Waals surface area contributed by atoms with Gasteiger partial charge in [-0.05, 0) is 25.5 Å². The third-order valence-corrected chi connectivity index (χ3v) is 5.75. The van der Waals surface area contributed by atoms with E-state index in [0.717, 1.165) is 10.9 Å². The molecule has 1 aliphatic heterocycles. The molecule has 1 aliphatic rings. The van der Waals surface area contributed by atoms with E-state index < -0.39 is 33.9 Å². The number of hydrogen-bond donors (Lipinski definition) is 2. The number of benzene rings is 1. The fourth-order valence-corrected chi connectivity index (χ4v) is 4.36. The lowest BCUT2D eigenvalue weighted by atomic mass is 10.2. The van der Waals surface area contributed by atoms with Gasteiger partial charge in [0.2, 0.25) is 0 Å². The lowest BCUT2D eigenvalue weighted by Crippen LogP contribution is -2.42. The van der Waals surface area contributed by atoms with Crippen LogP contribution in [0.2, 0.25) is 0 Å². The Morgan fingerprint density at radius 1 is 1.33 bits per heavy atom. The van der Waals surface area contributed by atoms with Crippen LogP contribution >= 0.6 is 0 Å². The second kappa shape index (κ2) is 6.27. The molecule has 0 spiro atoms. The minimum absolute atomic E-state index is 0.0680. The Balaban J connectivity index is 1.60. The fraction of sp³-hybridized carbons (Fsp3) is 0.375. The van der Waals surface area contributed by atoms with Crippen LogP contribution in [0.15, 0.2) is 30.3 Å². The Hall–Kier alpha value is -2.35. The van der Waals surface area contributed by atoms with E-state index in [-0.39, 0.29) is 17.2 Å². The Kier molecular flexibility index (Phi) is 4.31. The number of sulfone groups is 1. The van der Waals surface area contributed by atoms with Crippen LogP contribution in [0.3, 0.4) is 0 Å². The second-order valence-corrected chi connectivity index (χ2v) is 8.16. The number of hydrogen-bond acceptors (Lipinski definition) is 5. The van der Waals surface area contributed by atoms with E-state index >= 15 is 0 Å². The van der Waals surface area contributed by atoms with Gasteiger partial charge in [-0.1, -0.05) is 18.2 Å². The number of amides is 1. The molecule has 0 aliphatic carbocycles. The van der Waals surface area contributed by atoms with Gasteiger partial charge in [0.15, 0.2) is 15.9 Å². The van der Waals surface area contributed by atoms with E-state index in [0.29, 0.717) is 6.42 Å². The summed E-state index contributed by atoms with van der Waals surface area (Å²) in [6.07, 6.45) is -0.622. The van der Waals surface area contributed by atoms with Crippen LogP contribution in [0.4, 0.5) is 0 Å². The number of nitrogens with one attached hydrogen (secondary N) is 2.